The third kappa shape index (κ3) is 3.39. The lowest BCUT2D eigenvalue weighted by Crippen LogP contribution is -2.27. The van der Waals surface area contributed by atoms with Gasteiger partial charge in [0.05, 0.1) is 11.0 Å². The molecule has 7 heteroatoms. The Morgan fingerprint density at radius 3 is 2.91 bits per heavy atom. The van der Waals surface area contributed by atoms with Crippen molar-refractivity contribution in [1.82, 2.24) is 29.6 Å². The molecule has 0 unspecified atom stereocenters. The molecule has 0 aliphatic rings. The van der Waals surface area contributed by atoms with Crippen molar-refractivity contribution in [1.29, 1.82) is 0 Å². The van der Waals surface area contributed by atoms with Gasteiger partial charge in [-0.3, -0.25) is 9.48 Å². The Morgan fingerprint density at radius 2 is 2.13 bits per heavy atom. The first kappa shape index (κ1) is 15.2. The number of carbonyl (C=O) groups excluding carboxylic acids is 1. The summed E-state index contributed by atoms with van der Waals surface area (Å²) in [5.74, 6) is 1.82. The van der Waals surface area contributed by atoms with E-state index in [2.05, 4.69) is 25.0 Å². The molecule has 0 saturated carbocycles. The van der Waals surface area contributed by atoms with E-state index in [9.17, 15) is 4.79 Å². The first-order chi connectivity index (χ1) is 11.1. The minimum atomic E-state index is 0.0318. The number of aryl methyl sites for hydroxylation is 3. The fourth-order valence-corrected chi connectivity index (χ4v) is 2.64. The molecule has 0 bridgehead atoms. The lowest BCUT2D eigenvalue weighted by molar-refractivity contribution is -0.121. The van der Waals surface area contributed by atoms with E-state index in [4.69, 9.17) is 0 Å². The molecule has 1 aromatic carbocycles. The van der Waals surface area contributed by atoms with Crippen molar-refractivity contribution in [3.05, 3.63) is 42.2 Å². The maximum Gasteiger partial charge on any atom is 0.221 e. The molecule has 0 spiro atoms. The van der Waals surface area contributed by atoms with E-state index >= 15 is 0 Å². The lowest BCUT2D eigenvalue weighted by Gasteiger charge is -2.08. The molecular weight excluding hydrogens is 292 g/mol. The fourth-order valence-electron chi connectivity index (χ4n) is 2.64. The van der Waals surface area contributed by atoms with Crippen molar-refractivity contribution < 1.29 is 4.79 Å². The normalized spacial score (nSPS) is 11.0. The molecule has 0 radical (unpaired) electrons. The van der Waals surface area contributed by atoms with Gasteiger partial charge in [-0.25, -0.2) is 9.97 Å². The van der Waals surface area contributed by atoms with Crippen LogP contribution in [0.5, 0.6) is 0 Å². The Balaban J connectivity index is 1.52. The topological polar surface area (TPSA) is 77.6 Å². The Kier molecular flexibility index (Phi) is 4.36. The zero-order valence-corrected chi connectivity index (χ0v) is 13.4. The number of hydrogen-bond donors (Lipinski definition) is 1. The number of para-hydroxylation sites is 2. The highest BCUT2D eigenvalue weighted by molar-refractivity contribution is 5.77. The van der Waals surface area contributed by atoms with Gasteiger partial charge in [-0.1, -0.05) is 12.1 Å². The van der Waals surface area contributed by atoms with E-state index in [1.807, 2.05) is 38.2 Å². The van der Waals surface area contributed by atoms with E-state index in [1.165, 1.54) is 6.33 Å². The number of fused-ring (bicyclic) bond motifs is 1. The average molecular weight is 312 g/mol. The molecule has 3 aromatic rings. The first-order valence-electron chi connectivity index (χ1n) is 7.66. The summed E-state index contributed by atoms with van der Waals surface area (Å²) in [6.45, 7) is 3.16. The van der Waals surface area contributed by atoms with Crippen LogP contribution in [-0.2, 0) is 24.8 Å². The summed E-state index contributed by atoms with van der Waals surface area (Å²) in [5.41, 5.74) is 2.03. The molecule has 0 aliphatic heterocycles. The van der Waals surface area contributed by atoms with Crippen LogP contribution in [0, 0.1) is 6.92 Å². The Labute approximate surface area is 134 Å². The fraction of sp³-hybridized carbons (Fsp3) is 0.375. The van der Waals surface area contributed by atoms with Crippen LogP contribution in [0.3, 0.4) is 0 Å². The van der Waals surface area contributed by atoms with Crippen molar-refractivity contribution in [2.75, 3.05) is 6.54 Å². The van der Waals surface area contributed by atoms with Crippen molar-refractivity contribution in [2.24, 2.45) is 7.05 Å². The van der Waals surface area contributed by atoms with Crippen molar-refractivity contribution in [3.63, 3.8) is 0 Å². The summed E-state index contributed by atoms with van der Waals surface area (Å²) in [6, 6.07) is 7.97. The van der Waals surface area contributed by atoms with E-state index < -0.39 is 0 Å². The number of nitrogens with one attached hydrogen (secondary N) is 1. The van der Waals surface area contributed by atoms with Gasteiger partial charge >= 0.3 is 0 Å². The second-order valence-electron chi connectivity index (χ2n) is 5.45. The summed E-state index contributed by atoms with van der Waals surface area (Å²) in [7, 11) is 1.84. The molecule has 0 aliphatic carbocycles. The number of aromatic nitrogens is 5. The standard InChI is InChI=1S/C16H20N6O/c1-12-20-13-5-3-4-6-14(13)22(12)10-8-16(23)17-9-7-15-18-11-19-21(15)2/h3-6,11H,7-10H2,1-2H3,(H,17,23). The van der Waals surface area contributed by atoms with Crippen molar-refractivity contribution in [2.45, 2.75) is 26.3 Å². The smallest absolute Gasteiger partial charge is 0.221 e. The van der Waals surface area contributed by atoms with Crippen LogP contribution in [0.4, 0.5) is 0 Å². The van der Waals surface area contributed by atoms with Crippen molar-refractivity contribution in [3.8, 4) is 0 Å². The van der Waals surface area contributed by atoms with E-state index in [-0.39, 0.29) is 5.91 Å². The number of nitrogens with zero attached hydrogens (tertiary/aromatic N) is 5. The second kappa shape index (κ2) is 6.60. The third-order valence-electron chi connectivity index (χ3n) is 3.88. The summed E-state index contributed by atoms with van der Waals surface area (Å²) >= 11 is 0. The molecule has 3 rings (SSSR count). The van der Waals surface area contributed by atoms with Crippen molar-refractivity contribution >= 4 is 16.9 Å². The summed E-state index contributed by atoms with van der Waals surface area (Å²) < 4.78 is 3.80. The van der Waals surface area contributed by atoms with E-state index in [1.54, 1.807) is 4.68 Å². The van der Waals surface area contributed by atoms with Crippen LogP contribution in [0.1, 0.15) is 18.1 Å². The van der Waals surface area contributed by atoms with Gasteiger partial charge < -0.3 is 9.88 Å². The minimum Gasteiger partial charge on any atom is -0.356 e. The van der Waals surface area contributed by atoms with Crippen LogP contribution >= 0.6 is 0 Å². The summed E-state index contributed by atoms with van der Waals surface area (Å²) in [5, 5.41) is 6.93. The largest absolute Gasteiger partial charge is 0.356 e. The molecule has 0 fully saturated rings. The first-order valence-corrected chi connectivity index (χ1v) is 7.66. The molecule has 2 aromatic heterocycles. The van der Waals surface area contributed by atoms with Gasteiger partial charge in [0.25, 0.3) is 0 Å². The zero-order chi connectivity index (χ0) is 16.2. The molecular formula is C16H20N6O. The number of rotatable bonds is 6. The van der Waals surface area contributed by atoms with E-state index in [0.717, 1.165) is 22.7 Å². The Bertz CT molecular complexity index is 819. The minimum absolute atomic E-state index is 0.0318. The predicted molar refractivity (Wildman–Crippen MR) is 86.8 cm³/mol. The van der Waals surface area contributed by atoms with Crippen LogP contribution in [0.15, 0.2) is 30.6 Å². The quantitative estimate of drug-likeness (QED) is 0.742. The molecule has 2 heterocycles. The molecule has 0 saturated heterocycles. The van der Waals surface area contributed by atoms with E-state index in [0.29, 0.717) is 25.9 Å². The number of imidazole rings is 1. The van der Waals surface area contributed by atoms with Gasteiger partial charge in [0.2, 0.25) is 5.91 Å². The number of carbonyl (C=O) groups is 1. The highest BCUT2D eigenvalue weighted by Crippen LogP contribution is 2.15. The van der Waals surface area contributed by atoms with Gasteiger partial charge in [0.15, 0.2) is 0 Å². The monoisotopic (exact) mass is 312 g/mol. The molecule has 23 heavy (non-hydrogen) atoms. The number of hydrogen-bond acceptors (Lipinski definition) is 4. The van der Waals surface area contributed by atoms with Crippen LogP contribution in [0.2, 0.25) is 0 Å². The maximum absolute atomic E-state index is 12.0. The van der Waals surface area contributed by atoms with Gasteiger partial charge in [-0.15, -0.1) is 0 Å². The molecule has 1 amide bonds. The molecule has 1 N–H and O–H groups in total. The van der Waals surface area contributed by atoms with Gasteiger partial charge in [0.1, 0.15) is 18.0 Å². The average Bonchev–Trinajstić information content (AvgIpc) is 3.08. The predicted octanol–water partition coefficient (Wildman–Crippen LogP) is 1.22. The van der Waals surface area contributed by atoms with Crippen LogP contribution in [-0.4, -0.2) is 36.8 Å². The summed E-state index contributed by atoms with van der Waals surface area (Å²) in [4.78, 5) is 20.7. The van der Waals surface area contributed by atoms with Gasteiger partial charge in [0, 0.05) is 33.0 Å². The van der Waals surface area contributed by atoms with Gasteiger partial charge in [-0.2, -0.15) is 5.10 Å². The Hall–Kier alpha value is -2.70. The number of amides is 1. The Morgan fingerprint density at radius 1 is 1.30 bits per heavy atom. The van der Waals surface area contributed by atoms with Gasteiger partial charge in [-0.05, 0) is 19.1 Å². The van der Waals surface area contributed by atoms with Crippen LogP contribution < -0.4 is 5.32 Å². The summed E-state index contributed by atoms with van der Waals surface area (Å²) in [6.07, 6.45) is 2.62. The van der Waals surface area contributed by atoms with Crippen LogP contribution in [0.25, 0.3) is 11.0 Å². The molecule has 7 nitrogen and oxygen atoms in total. The third-order valence-corrected chi connectivity index (χ3v) is 3.88. The second-order valence-corrected chi connectivity index (χ2v) is 5.45. The highest BCUT2D eigenvalue weighted by atomic mass is 16.1. The maximum atomic E-state index is 12.0. The molecule has 0 atom stereocenters. The lowest BCUT2D eigenvalue weighted by atomic mass is 10.3. The SMILES string of the molecule is Cc1nc2ccccc2n1CCC(=O)NCCc1ncnn1C. The number of benzene rings is 1. The highest BCUT2D eigenvalue weighted by Gasteiger charge is 2.09. The zero-order valence-electron chi connectivity index (χ0n) is 13.4. The molecule has 120 valence electrons.